The van der Waals surface area contributed by atoms with Crippen molar-refractivity contribution in [3.05, 3.63) is 64.2 Å². The summed E-state index contributed by atoms with van der Waals surface area (Å²) in [5, 5.41) is 9.32. The Morgan fingerprint density at radius 1 is 1.04 bits per heavy atom. The third-order valence-electron chi connectivity index (χ3n) is 4.50. The van der Waals surface area contributed by atoms with Gasteiger partial charge in [-0.3, -0.25) is 4.99 Å². The van der Waals surface area contributed by atoms with E-state index < -0.39 is 0 Å². The molecule has 0 fully saturated rings. The average molecular weight is 398 g/mol. The minimum absolute atomic E-state index is 0.379. The first-order valence-corrected chi connectivity index (χ1v) is 9.72. The van der Waals surface area contributed by atoms with Crippen molar-refractivity contribution in [3.63, 3.8) is 0 Å². The van der Waals surface area contributed by atoms with Crippen molar-refractivity contribution in [1.29, 1.82) is 0 Å². The molecule has 0 aromatic heterocycles. The number of hydrogen-bond donors (Lipinski definition) is 0. The van der Waals surface area contributed by atoms with Gasteiger partial charge in [-0.15, -0.1) is 0 Å². The summed E-state index contributed by atoms with van der Waals surface area (Å²) < 4.78 is 5.41. The van der Waals surface area contributed by atoms with Crippen molar-refractivity contribution < 1.29 is 4.74 Å². The van der Waals surface area contributed by atoms with Crippen LogP contribution in [0, 0.1) is 12.8 Å². The summed E-state index contributed by atoms with van der Waals surface area (Å²) in [5.41, 5.74) is 5.88. The highest BCUT2D eigenvalue weighted by Gasteiger charge is 2.12. The molecule has 0 N–H and O–H groups in total. The molecule has 0 heterocycles. The monoisotopic (exact) mass is 397 g/mol. The van der Waals surface area contributed by atoms with Gasteiger partial charge < -0.3 is 4.74 Å². The third-order valence-corrected chi connectivity index (χ3v) is 4.75. The normalized spacial score (nSPS) is 13.2. The molecule has 28 heavy (non-hydrogen) atoms. The molecule has 4 nitrogen and oxygen atoms in total. The highest BCUT2D eigenvalue weighted by Crippen LogP contribution is 2.22. The lowest BCUT2D eigenvalue weighted by Gasteiger charge is -2.12. The maximum Gasteiger partial charge on any atom is 0.119 e. The number of ether oxygens (including phenoxy) is 1. The quantitative estimate of drug-likeness (QED) is 0.418. The molecule has 0 bridgehead atoms. The number of aryl methyl sites for hydroxylation is 1. The summed E-state index contributed by atoms with van der Waals surface area (Å²) in [6, 6.07) is 13.7. The second-order valence-electron chi connectivity index (χ2n) is 7.08. The number of benzene rings is 2. The average Bonchev–Trinajstić information content (AvgIpc) is 2.68. The van der Waals surface area contributed by atoms with E-state index >= 15 is 0 Å². The molecule has 2 aromatic carbocycles. The molecule has 5 heteroatoms. The van der Waals surface area contributed by atoms with Crippen molar-refractivity contribution in [2.45, 2.75) is 34.6 Å². The van der Waals surface area contributed by atoms with Crippen LogP contribution in [0.1, 0.15) is 44.4 Å². The third kappa shape index (κ3) is 6.03. The van der Waals surface area contributed by atoms with E-state index in [-0.39, 0.29) is 0 Å². The molecule has 0 atom stereocenters. The van der Waals surface area contributed by atoms with Gasteiger partial charge in [0, 0.05) is 21.9 Å². The predicted octanol–water partition coefficient (Wildman–Crippen LogP) is 5.99. The molecular formula is C23H28ClN3O. The van der Waals surface area contributed by atoms with Crippen LogP contribution in [0.15, 0.2) is 57.7 Å². The summed E-state index contributed by atoms with van der Waals surface area (Å²) in [5.74, 6) is 1.17. The minimum atomic E-state index is 0.379. The Morgan fingerprint density at radius 3 is 2.32 bits per heavy atom. The van der Waals surface area contributed by atoms with Gasteiger partial charge in [-0.2, -0.15) is 10.2 Å². The molecule has 0 aliphatic carbocycles. The first kappa shape index (κ1) is 21.8. The van der Waals surface area contributed by atoms with Gasteiger partial charge in [-0.25, -0.2) is 0 Å². The van der Waals surface area contributed by atoms with Crippen molar-refractivity contribution in [3.8, 4) is 5.75 Å². The van der Waals surface area contributed by atoms with Crippen molar-refractivity contribution in [2.24, 2.45) is 21.1 Å². The first-order valence-electron chi connectivity index (χ1n) is 9.34. The molecule has 2 rings (SSSR count). The molecule has 0 radical (unpaired) electrons. The van der Waals surface area contributed by atoms with Crippen LogP contribution in [-0.4, -0.2) is 30.8 Å². The van der Waals surface area contributed by atoms with E-state index in [2.05, 4.69) is 31.0 Å². The van der Waals surface area contributed by atoms with Crippen molar-refractivity contribution in [2.75, 3.05) is 13.7 Å². The Balaban J connectivity index is 2.45. The Kier molecular flexibility index (Phi) is 7.94. The number of aliphatic imine (C=N–C) groups is 1. The lowest BCUT2D eigenvalue weighted by atomic mass is 9.97. The largest absolute Gasteiger partial charge is 0.497 e. The number of halogens is 1. The molecule has 0 saturated carbocycles. The van der Waals surface area contributed by atoms with E-state index in [1.54, 1.807) is 7.11 Å². The number of nitrogens with zero attached hydrogens (tertiary/aromatic N) is 3. The van der Waals surface area contributed by atoms with Crippen LogP contribution in [0.25, 0.3) is 0 Å². The summed E-state index contributed by atoms with van der Waals surface area (Å²) in [4.78, 5) is 4.87. The zero-order chi connectivity index (χ0) is 20.7. The van der Waals surface area contributed by atoms with Gasteiger partial charge in [-0.05, 0) is 56.5 Å². The Labute approximate surface area is 173 Å². The van der Waals surface area contributed by atoms with Gasteiger partial charge in [0.1, 0.15) is 5.75 Å². The standard InChI is InChI=1S/C23H28ClN3O/c1-15(2)18(5)27-26-17(4)14-25-23(19-8-10-20(24)11-9-19)22-13-21(28-6)12-7-16(22)3/h7-13,15H,14H2,1-6H3/b25-23?,26-17+,27-18-. The summed E-state index contributed by atoms with van der Waals surface area (Å²) in [6.07, 6.45) is 0. The van der Waals surface area contributed by atoms with E-state index in [9.17, 15) is 0 Å². The van der Waals surface area contributed by atoms with Crippen molar-refractivity contribution >= 4 is 28.7 Å². The number of rotatable bonds is 7. The lowest BCUT2D eigenvalue weighted by Crippen LogP contribution is -2.09. The fourth-order valence-electron chi connectivity index (χ4n) is 2.43. The van der Waals surface area contributed by atoms with Gasteiger partial charge in [0.05, 0.1) is 25.1 Å². The van der Waals surface area contributed by atoms with E-state index in [0.717, 1.165) is 39.6 Å². The molecule has 0 aliphatic rings. The van der Waals surface area contributed by atoms with Crippen LogP contribution in [0.4, 0.5) is 0 Å². The van der Waals surface area contributed by atoms with Gasteiger partial charge in [0.2, 0.25) is 0 Å². The molecule has 0 amide bonds. The summed E-state index contributed by atoms with van der Waals surface area (Å²) in [6.45, 7) is 10.7. The van der Waals surface area contributed by atoms with E-state index in [4.69, 9.17) is 21.3 Å². The summed E-state index contributed by atoms with van der Waals surface area (Å²) >= 11 is 6.07. The Bertz CT molecular complexity index is 897. The van der Waals surface area contributed by atoms with Crippen LogP contribution in [0.3, 0.4) is 0 Å². The topological polar surface area (TPSA) is 46.3 Å². The second-order valence-corrected chi connectivity index (χ2v) is 7.52. The fraction of sp³-hybridized carbons (Fsp3) is 0.348. The SMILES string of the molecule is COc1ccc(C)c(C(=NC/C(C)=N/N=C(/C)C(C)C)c2ccc(Cl)cc2)c1. The number of methoxy groups -OCH3 is 1. The fourth-order valence-corrected chi connectivity index (χ4v) is 2.55. The molecule has 2 aromatic rings. The smallest absolute Gasteiger partial charge is 0.119 e. The van der Waals surface area contributed by atoms with E-state index in [1.807, 2.05) is 56.3 Å². The minimum Gasteiger partial charge on any atom is -0.497 e. The lowest BCUT2D eigenvalue weighted by molar-refractivity contribution is 0.414. The molecule has 0 unspecified atom stereocenters. The predicted molar refractivity (Wildman–Crippen MR) is 121 cm³/mol. The maximum atomic E-state index is 6.07. The van der Waals surface area contributed by atoms with Crippen LogP contribution >= 0.6 is 11.6 Å². The van der Waals surface area contributed by atoms with Crippen LogP contribution < -0.4 is 4.74 Å². The molecular weight excluding hydrogens is 370 g/mol. The zero-order valence-electron chi connectivity index (χ0n) is 17.5. The van der Waals surface area contributed by atoms with Crippen LogP contribution in [-0.2, 0) is 0 Å². The van der Waals surface area contributed by atoms with Gasteiger partial charge in [-0.1, -0.05) is 43.6 Å². The van der Waals surface area contributed by atoms with E-state index in [0.29, 0.717) is 17.5 Å². The maximum absolute atomic E-state index is 6.07. The molecule has 0 spiro atoms. The van der Waals surface area contributed by atoms with Gasteiger partial charge in [0.25, 0.3) is 0 Å². The second kappa shape index (κ2) is 10.2. The van der Waals surface area contributed by atoms with Crippen molar-refractivity contribution in [1.82, 2.24) is 0 Å². The highest BCUT2D eigenvalue weighted by atomic mass is 35.5. The summed E-state index contributed by atoms with van der Waals surface area (Å²) in [7, 11) is 1.67. The van der Waals surface area contributed by atoms with Crippen LogP contribution in [0.5, 0.6) is 5.75 Å². The number of hydrogen-bond acceptors (Lipinski definition) is 4. The molecule has 0 saturated heterocycles. The highest BCUT2D eigenvalue weighted by molar-refractivity contribution is 6.30. The van der Waals surface area contributed by atoms with Gasteiger partial charge >= 0.3 is 0 Å². The first-order chi connectivity index (χ1) is 13.3. The Morgan fingerprint density at radius 2 is 1.71 bits per heavy atom. The Hall–Kier alpha value is -2.46. The molecule has 148 valence electrons. The zero-order valence-corrected chi connectivity index (χ0v) is 18.2. The molecule has 0 aliphatic heterocycles. The van der Waals surface area contributed by atoms with Gasteiger partial charge in [0.15, 0.2) is 0 Å². The van der Waals surface area contributed by atoms with E-state index in [1.165, 1.54) is 0 Å². The van der Waals surface area contributed by atoms with Crippen LogP contribution in [0.2, 0.25) is 5.02 Å².